The summed E-state index contributed by atoms with van der Waals surface area (Å²) in [5.41, 5.74) is 1.12. The van der Waals surface area contributed by atoms with E-state index in [-0.39, 0.29) is 0 Å². The summed E-state index contributed by atoms with van der Waals surface area (Å²) in [7, 11) is 0. The third-order valence-electron chi connectivity index (χ3n) is 4.27. The summed E-state index contributed by atoms with van der Waals surface area (Å²) in [6, 6.07) is 6.62. The lowest BCUT2D eigenvalue weighted by Crippen LogP contribution is -2.31. The molecule has 1 saturated carbocycles. The molecule has 4 nitrogen and oxygen atoms in total. The van der Waals surface area contributed by atoms with Gasteiger partial charge in [-0.2, -0.15) is 5.10 Å². The highest BCUT2D eigenvalue weighted by molar-refractivity contribution is 5.44. The van der Waals surface area contributed by atoms with Crippen molar-refractivity contribution in [3.8, 4) is 5.82 Å². The van der Waals surface area contributed by atoms with Gasteiger partial charge in [-0.1, -0.05) is 26.2 Å². The van der Waals surface area contributed by atoms with Crippen LogP contribution < -0.4 is 5.32 Å². The van der Waals surface area contributed by atoms with Gasteiger partial charge in [0.25, 0.3) is 0 Å². The molecular weight excluding hydrogens is 248 g/mol. The van der Waals surface area contributed by atoms with Crippen molar-refractivity contribution in [3.05, 3.63) is 36.8 Å². The number of nitrogens with zero attached hydrogens (tertiary/aromatic N) is 3. The first-order chi connectivity index (χ1) is 9.86. The molecule has 1 aliphatic carbocycles. The lowest BCUT2D eigenvalue weighted by Gasteiger charge is -2.32. The maximum Gasteiger partial charge on any atom is 0.153 e. The van der Waals surface area contributed by atoms with Crippen LogP contribution in [-0.4, -0.2) is 20.8 Å². The van der Waals surface area contributed by atoms with E-state index in [1.807, 2.05) is 24.5 Å². The molecule has 0 aliphatic heterocycles. The average Bonchev–Trinajstić information content (AvgIpc) is 3.03. The minimum atomic E-state index is 0.603. The summed E-state index contributed by atoms with van der Waals surface area (Å²) in [6.45, 7) is 2.30. The van der Waals surface area contributed by atoms with Gasteiger partial charge in [0.05, 0.1) is 11.9 Å². The van der Waals surface area contributed by atoms with Crippen molar-refractivity contribution in [1.82, 2.24) is 14.8 Å². The van der Waals surface area contributed by atoms with E-state index in [4.69, 9.17) is 0 Å². The maximum atomic E-state index is 4.48. The lowest BCUT2D eigenvalue weighted by molar-refractivity contribution is 0.317. The molecule has 1 aliphatic rings. The zero-order valence-corrected chi connectivity index (χ0v) is 12.0. The molecule has 2 heterocycles. The Morgan fingerprint density at radius 2 is 2.20 bits per heavy atom. The van der Waals surface area contributed by atoms with Gasteiger partial charge in [-0.05, 0) is 37.0 Å². The van der Waals surface area contributed by atoms with Gasteiger partial charge in [0.15, 0.2) is 5.82 Å². The Hall–Kier alpha value is -1.84. The third-order valence-corrected chi connectivity index (χ3v) is 4.27. The number of hydrogen-bond acceptors (Lipinski definition) is 3. The molecule has 0 saturated heterocycles. The normalized spacial score (nSPS) is 22.6. The lowest BCUT2D eigenvalue weighted by atomic mass is 9.83. The highest BCUT2D eigenvalue weighted by atomic mass is 15.3. The van der Waals surface area contributed by atoms with E-state index in [9.17, 15) is 0 Å². The van der Waals surface area contributed by atoms with E-state index in [0.29, 0.717) is 6.04 Å². The Bertz CT molecular complexity index is 518. The van der Waals surface area contributed by atoms with E-state index >= 15 is 0 Å². The van der Waals surface area contributed by atoms with Crippen molar-refractivity contribution < 1.29 is 0 Å². The molecule has 0 amide bonds. The van der Waals surface area contributed by atoms with Gasteiger partial charge >= 0.3 is 0 Å². The molecule has 0 bridgehead atoms. The van der Waals surface area contributed by atoms with E-state index in [1.54, 1.807) is 10.9 Å². The van der Waals surface area contributed by atoms with Crippen LogP contribution in [0.5, 0.6) is 0 Å². The second kappa shape index (κ2) is 6.07. The summed E-state index contributed by atoms with van der Waals surface area (Å²) in [4.78, 5) is 4.48. The summed E-state index contributed by atoms with van der Waals surface area (Å²) in [5, 5.41) is 7.85. The number of rotatable bonds is 4. The molecule has 2 aromatic heterocycles. The fourth-order valence-electron chi connectivity index (χ4n) is 3.11. The smallest absolute Gasteiger partial charge is 0.153 e. The standard InChI is InChI=1S/C16H22N4/c1-2-13-6-3-4-7-15(13)19-14-8-9-16(17-12-14)20-11-5-10-18-20/h5,8-13,15,19H,2-4,6-7H2,1H3. The highest BCUT2D eigenvalue weighted by Gasteiger charge is 2.23. The van der Waals surface area contributed by atoms with Crippen molar-refractivity contribution in [2.45, 2.75) is 45.1 Å². The summed E-state index contributed by atoms with van der Waals surface area (Å²) in [6.07, 6.45) is 12.2. The van der Waals surface area contributed by atoms with Crippen LogP contribution in [0.4, 0.5) is 5.69 Å². The minimum absolute atomic E-state index is 0.603. The van der Waals surface area contributed by atoms with Gasteiger partial charge in [-0.3, -0.25) is 0 Å². The van der Waals surface area contributed by atoms with Crippen molar-refractivity contribution >= 4 is 5.69 Å². The molecule has 2 aromatic rings. The van der Waals surface area contributed by atoms with Gasteiger partial charge in [0, 0.05) is 18.4 Å². The first-order valence-corrected chi connectivity index (χ1v) is 7.59. The quantitative estimate of drug-likeness (QED) is 0.922. The molecule has 2 unspecified atom stereocenters. The Labute approximate surface area is 120 Å². The monoisotopic (exact) mass is 270 g/mol. The molecule has 106 valence electrons. The van der Waals surface area contributed by atoms with Crippen molar-refractivity contribution in [2.24, 2.45) is 5.92 Å². The average molecular weight is 270 g/mol. The second-order valence-electron chi connectivity index (χ2n) is 5.56. The number of hydrogen-bond donors (Lipinski definition) is 1. The molecule has 3 rings (SSSR count). The van der Waals surface area contributed by atoms with Crippen molar-refractivity contribution in [3.63, 3.8) is 0 Å². The largest absolute Gasteiger partial charge is 0.381 e. The van der Waals surface area contributed by atoms with Crippen LogP contribution in [0.15, 0.2) is 36.8 Å². The number of aromatic nitrogens is 3. The first-order valence-electron chi connectivity index (χ1n) is 7.59. The van der Waals surface area contributed by atoms with Crippen LogP contribution in [0.3, 0.4) is 0 Å². The van der Waals surface area contributed by atoms with Crippen LogP contribution in [0, 0.1) is 5.92 Å². The second-order valence-corrected chi connectivity index (χ2v) is 5.56. The van der Waals surface area contributed by atoms with Crippen molar-refractivity contribution in [2.75, 3.05) is 5.32 Å². The Morgan fingerprint density at radius 1 is 1.30 bits per heavy atom. The number of anilines is 1. The summed E-state index contributed by atoms with van der Waals surface area (Å²) < 4.78 is 1.78. The van der Waals surface area contributed by atoms with Crippen molar-refractivity contribution in [1.29, 1.82) is 0 Å². The summed E-state index contributed by atoms with van der Waals surface area (Å²) >= 11 is 0. The maximum absolute atomic E-state index is 4.48. The summed E-state index contributed by atoms with van der Waals surface area (Å²) in [5.74, 6) is 1.66. The number of pyridine rings is 1. The van der Waals surface area contributed by atoms with E-state index < -0.39 is 0 Å². The first kappa shape index (κ1) is 13.2. The molecule has 0 spiro atoms. The molecule has 0 aromatic carbocycles. The fraction of sp³-hybridized carbons (Fsp3) is 0.500. The van der Waals surface area contributed by atoms with Gasteiger partial charge in [0.2, 0.25) is 0 Å². The van der Waals surface area contributed by atoms with E-state index in [2.05, 4.69) is 28.4 Å². The third kappa shape index (κ3) is 2.84. The number of nitrogens with one attached hydrogen (secondary N) is 1. The predicted octanol–water partition coefficient (Wildman–Crippen LogP) is 3.65. The molecular formula is C16H22N4. The van der Waals surface area contributed by atoms with Gasteiger partial charge < -0.3 is 5.32 Å². The molecule has 1 N–H and O–H groups in total. The molecule has 4 heteroatoms. The van der Waals surface area contributed by atoms with Crippen LogP contribution in [0.25, 0.3) is 5.82 Å². The minimum Gasteiger partial charge on any atom is -0.381 e. The van der Waals surface area contributed by atoms with Crippen LogP contribution in [0.2, 0.25) is 0 Å². The van der Waals surface area contributed by atoms with E-state index in [1.165, 1.54) is 32.1 Å². The molecule has 1 fully saturated rings. The zero-order chi connectivity index (χ0) is 13.8. The molecule has 20 heavy (non-hydrogen) atoms. The SMILES string of the molecule is CCC1CCCCC1Nc1ccc(-n2cccn2)nc1. The fourth-order valence-corrected chi connectivity index (χ4v) is 3.11. The Balaban J connectivity index is 1.68. The van der Waals surface area contributed by atoms with Gasteiger partial charge in [-0.25, -0.2) is 9.67 Å². The van der Waals surface area contributed by atoms with Crippen LogP contribution >= 0.6 is 0 Å². The highest BCUT2D eigenvalue weighted by Crippen LogP contribution is 2.29. The molecule has 0 radical (unpaired) electrons. The van der Waals surface area contributed by atoms with Crippen LogP contribution in [0.1, 0.15) is 39.0 Å². The van der Waals surface area contributed by atoms with E-state index in [0.717, 1.165) is 17.4 Å². The molecule has 2 atom stereocenters. The topological polar surface area (TPSA) is 42.7 Å². The van der Waals surface area contributed by atoms with Gasteiger partial charge in [-0.15, -0.1) is 0 Å². The van der Waals surface area contributed by atoms with Gasteiger partial charge in [0.1, 0.15) is 0 Å². The predicted molar refractivity (Wildman–Crippen MR) is 81.0 cm³/mol. The van der Waals surface area contributed by atoms with Crippen LogP contribution in [-0.2, 0) is 0 Å². The Kier molecular flexibility index (Phi) is 4.00. The Morgan fingerprint density at radius 3 is 2.90 bits per heavy atom. The zero-order valence-electron chi connectivity index (χ0n) is 12.0.